The maximum absolute atomic E-state index is 13.7. The maximum Gasteiger partial charge on any atom is 0.348 e. The number of rotatable bonds is 10. The van der Waals surface area contributed by atoms with Gasteiger partial charge >= 0.3 is 44.3 Å². The standard InChI is InChI=1S/C52H40N4O16S2/c57-43-39(44(58)54(36-21-9-2-10-22-36)73(65,66)53(43)35-19-7-1-8-20-35)27-15-5-17-29-41-47(61)69-51(70-48(41)62)31-33-52(34-32-51)71-49(63)42(50(64)72-52)30-18-6-16-28-40-45(59)55(37-23-11-3-12-24-37)74(67,68)56(46(40)60)38-25-13-4-14-26-38/h1-14,17-30H,15-16,31-34H2. The lowest BCUT2D eigenvalue weighted by Gasteiger charge is -2.45. The lowest BCUT2D eigenvalue weighted by molar-refractivity contribution is -0.291. The number of hydrogen-bond donors (Lipinski definition) is 0. The molecule has 5 fully saturated rings. The largest absolute Gasteiger partial charge is 0.419 e. The molecule has 5 aliphatic rings. The monoisotopic (exact) mass is 1040 g/mol. The molecule has 2 spiro atoms. The van der Waals surface area contributed by atoms with Gasteiger partial charge in [0.2, 0.25) is 0 Å². The van der Waals surface area contributed by atoms with Crippen molar-refractivity contribution in [2.45, 2.75) is 50.1 Å². The van der Waals surface area contributed by atoms with E-state index in [0.29, 0.717) is 17.2 Å². The van der Waals surface area contributed by atoms with E-state index in [-0.39, 0.29) is 61.3 Å². The number of carbonyl (C=O) groups is 8. The van der Waals surface area contributed by atoms with Gasteiger partial charge < -0.3 is 18.9 Å². The van der Waals surface area contributed by atoms with Crippen molar-refractivity contribution in [1.29, 1.82) is 0 Å². The fourth-order valence-corrected chi connectivity index (χ4v) is 11.6. The number of carbonyl (C=O) groups excluding carboxylic acids is 8. The third-order valence-corrected chi connectivity index (χ3v) is 15.4. The zero-order valence-corrected chi connectivity index (χ0v) is 40.2. The number of anilines is 4. The maximum atomic E-state index is 13.7. The van der Waals surface area contributed by atoms with Gasteiger partial charge in [-0.25, -0.2) is 19.2 Å². The number of hydrogen-bond acceptors (Lipinski definition) is 16. The van der Waals surface area contributed by atoms with Crippen LogP contribution >= 0.6 is 0 Å². The summed E-state index contributed by atoms with van der Waals surface area (Å²) in [6.07, 6.45) is 8.86. The average Bonchev–Trinajstić information content (AvgIpc) is 3.37. The van der Waals surface area contributed by atoms with Crippen molar-refractivity contribution in [3.05, 3.63) is 192 Å². The van der Waals surface area contributed by atoms with Gasteiger partial charge in [0.05, 0.1) is 22.7 Å². The normalized spacial score (nSPS) is 22.8. The lowest BCUT2D eigenvalue weighted by Crippen LogP contribution is -2.57. The van der Waals surface area contributed by atoms with Crippen molar-refractivity contribution in [3.63, 3.8) is 0 Å². The van der Waals surface area contributed by atoms with Gasteiger partial charge in [0.1, 0.15) is 22.3 Å². The van der Waals surface area contributed by atoms with E-state index in [2.05, 4.69) is 0 Å². The van der Waals surface area contributed by atoms with Gasteiger partial charge in [-0.2, -0.15) is 34.1 Å². The van der Waals surface area contributed by atoms with Crippen LogP contribution in [0, 0.1) is 0 Å². The van der Waals surface area contributed by atoms with Gasteiger partial charge in [-0.3, -0.25) is 19.2 Å². The molecule has 0 radical (unpaired) electrons. The first-order valence-electron chi connectivity index (χ1n) is 22.6. The number of nitrogens with zero attached hydrogens (tertiary/aromatic N) is 4. The number of para-hydroxylation sites is 4. The van der Waals surface area contributed by atoms with Crippen LogP contribution in [0.25, 0.3) is 0 Å². The van der Waals surface area contributed by atoms with Crippen LogP contribution < -0.4 is 17.2 Å². The Bertz CT molecular complexity index is 3030. The first-order valence-corrected chi connectivity index (χ1v) is 25.4. The second-order valence-electron chi connectivity index (χ2n) is 16.7. The predicted molar refractivity (Wildman–Crippen MR) is 262 cm³/mol. The molecule has 74 heavy (non-hydrogen) atoms. The fourth-order valence-electron chi connectivity index (χ4n) is 8.46. The van der Waals surface area contributed by atoms with Crippen molar-refractivity contribution in [2.24, 2.45) is 0 Å². The molecular weight excluding hydrogens is 1000 g/mol. The second-order valence-corrected chi connectivity index (χ2v) is 20.0. The van der Waals surface area contributed by atoms with E-state index in [9.17, 15) is 55.2 Å². The highest BCUT2D eigenvalue weighted by atomic mass is 32.2. The summed E-state index contributed by atoms with van der Waals surface area (Å²) in [6.45, 7) is 0. The minimum Gasteiger partial charge on any atom is -0.419 e. The van der Waals surface area contributed by atoms with Crippen LogP contribution in [-0.2, 0) is 77.7 Å². The third kappa shape index (κ3) is 9.34. The SMILES string of the molecule is O=C1OC2(CCC3(CC2)OC(=O)C(=CC=CCC=C2C(=O)N(c4ccccc4)S(=O)(=O)N(c4ccccc4)C2=O)C(=O)O3)OC(=O)C1=CC=CCC=C1C(=O)N(c2ccccc2)S(=O)(=O)N(c2ccccc2)C1=O. The van der Waals surface area contributed by atoms with Gasteiger partial charge in [-0.1, -0.05) is 109 Å². The Balaban J connectivity index is 0.815. The van der Waals surface area contributed by atoms with E-state index >= 15 is 0 Å². The molecule has 0 bridgehead atoms. The molecule has 0 atom stereocenters. The molecule has 4 aromatic rings. The summed E-state index contributed by atoms with van der Waals surface area (Å²) in [6, 6.07) is 30.1. The molecule has 9 rings (SSSR count). The van der Waals surface area contributed by atoms with Crippen LogP contribution in [0.2, 0.25) is 0 Å². The van der Waals surface area contributed by atoms with Crippen LogP contribution in [0.3, 0.4) is 0 Å². The summed E-state index contributed by atoms with van der Waals surface area (Å²) in [5.74, 6) is -12.1. The zero-order valence-electron chi connectivity index (χ0n) is 38.5. The molecule has 22 heteroatoms. The molecule has 4 aromatic carbocycles. The minimum atomic E-state index is -4.70. The van der Waals surface area contributed by atoms with Gasteiger partial charge in [0, 0.05) is 25.7 Å². The summed E-state index contributed by atoms with van der Waals surface area (Å²) in [5, 5.41) is 0. The van der Waals surface area contributed by atoms with Crippen LogP contribution in [0.5, 0.6) is 0 Å². The highest BCUT2D eigenvalue weighted by Crippen LogP contribution is 2.45. The van der Waals surface area contributed by atoms with Crippen LogP contribution in [0.4, 0.5) is 22.7 Å². The van der Waals surface area contributed by atoms with Crippen molar-refractivity contribution < 1.29 is 74.1 Å². The number of benzene rings is 4. The zero-order chi connectivity index (χ0) is 52.4. The summed E-state index contributed by atoms with van der Waals surface area (Å²) in [4.78, 5) is 107. The van der Waals surface area contributed by atoms with E-state index in [1.54, 1.807) is 24.3 Å². The smallest absolute Gasteiger partial charge is 0.348 e. The Morgan fingerprint density at radius 2 is 0.622 bits per heavy atom. The second kappa shape index (κ2) is 19.9. The molecule has 4 aliphatic heterocycles. The molecule has 4 amide bonds. The highest BCUT2D eigenvalue weighted by molar-refractivity contribution is 7.96. The molecule has 0 N–H and O–H groups in total. The molecule has 0 aromatic heterocycles. The number of esters is 4. The van der Waals surface area contributed by atoms with Gasteiger partial charge in [0.15, 0.2) is 0 Å². The predicted octanol–water partition coefficient (Wildman–Crippen LogP) is 5.40. The Labute approximate surface area is 422 Å². The first kappa shape index (κ1) is 49.9. The third-order valence-electron chi connectivity index (χ3n) is 12.0. The van der Waals surface area contributed by atoms with E-state index in [1.165, 1.54) is 134 Å². The Morgan fingerprint density at radius 1 is 0.378 bits per heavy atom. The van der Waals surface area contributed by atoms with E-state index < -0.39 is 102 Å². The molecule has 0 unspecified atom stereocenters. The molecule has 4 heterocycles. The molecule has 1 saturated carbocycles. The number of ether oxygens (including phenoxy) is 4. The van der Waals surface area contributed by atoms with Crippen molar-refractivity contribution in [2.75, 3.05) is 17.2 Å². The average molecular weight is 1040 g/mol. The highest BCUT2D eigenvalue weighted by Gasteiger charge is 2.57. The Hall–Kier alpha value is -9.02. The van der Waals surface area contributed by atoms with Crippen LogP contribution in [0.15, 0.2) is 192 Å². The lowest BCUT2D eigenvalue weighted by atomic mass is 9.87. The quantitative estimate of drug-likeness (QED) is 0.109. The number of allylic oxidation sites excluding steroid dienone is 8. The minimum absolute atomic E-state index is 0.00588. The van der Waals surface area contributed by atoms with Gasteiger partial charge in [0.25, 0.3) is 35.2 Å². The summed E-state index contributed by atoms with van der Waals surface area (Å²) in [7, 11) is -9.40. The van der Waals surface area contributed by atoms with Gasteiger partial charge in [-0.05, 0) is 73.5 Å². The Morgan fingerprint density at radius 3 is 0.865 bits per heavy atom. The van der Waals surface area contributed by atoms with E-state index in [1.807, 2.05) is 0 Å². The molecule has 1 aliphatic carbocycles. The molecule has 20 nitrogen and oxygen atoms in total. The molecular formula is C52H40N4O16S2. The van der Waals surface area contributed by atoms with E-state index in [4.69, 9.17) is 18.9 Å². The van der Waals surface area contributed by atoms with Crippen molar-refractivity contribution >= 4 is 90.7 Å². The van der Waals surface area contributed by atoms with Gasteiger partial charge in [-0.15, -0.1) is 0 Å². The topological polar surface area (TPSA) is 255 Å². The van der Waals surface area contributed by atoms with Crippen molar-refractivity contribution in [3.8, 4) is 0 Å². The Kier molecular flexibility index (Phi) is 13.4. The summed E-state index contributed by atoms with van der Waals surface area (Å²) >= 11 is 0. The summed E-state index contributed by atoms with van der Waals surface area (Å²) in [5.41, 5.74) is -1.87. The van der Waals surface area contributed by atoms with Crippen molar-refractivity contribution in [1.82, 2.24) is 0 Å². The van der Waals surface area contributed by atoms with E-state index in [0.717, 1.165) is 12.2 Å². The molecule has 376 valence electrons. The molecule has 4 saturated heterocycles. The van der Waals surface area contributed by atoms with Crippen LogP contribution in [-0.4, -0.2) is 75.9 Å². The first-order chi connectivity index (χ1) is 35.5. The summed E-state index contributed by atoms with van der Waals surface area (Å²) < 4.78 is 79.2. The number of amides is 4. The fraction of sp³-hybridized carbons (Fsp3) is 0.154. The van der Waals surface area contributed by atoms with Crippen LogP contribution in [0.1, 0.15) is 38.5 Å².